The molecule has 0 radical (unpaired) electrons. The second-order valence-electron chi connectivity index (χ2n) is 13.6. The third kappa shape index (κ3) is 6.90. The lowest BCUT2D eigenvalue weighted by Gasteiger charge is -2.33. The van der Waals surface area contributed by atoms with E-state index in [-0.39, 0.29) is 0 Å². The first kappa shape index (κ1) is 32.4. The number of aryl methyl sites for hydroxylation is 5. The number of anilines is 2. The lowest BCUT2D eigenvalue weighted by molar-refractivity contribution is 0.490. The van der Waals surface area contributed by atoms with E-state index in [9.17, 15) is 0 Å². The van der Waals surface area contributed by atoms with E-state index in [2.05, 4.69) is 134 Å². The molecule has 2 aliphatic rings. The first-order valence-electron chi connectivity index (χ1n) is 17.6. The molecule has 10 nitrogen and oxygen atoms in total. The van der Waals surface area contributed by atoms with E-state index in [1.807, 2.05) is 18.7 Å². The third-order valence-electron chi connectivity index (χ3n) is 10.1. The highest BCUT2D eigenvalue weighted by atomic mass is 15.4. The lowest BCUT2D eigenvalue weighted by Crippen LogP contribution is -2.34. The SMILES string of the molecule is Cc1cc(N2CCC(c3nc[nH]c3C)CC2)n(-c2ccccc2)n1.Cc1cc(N2CCC(c3nc[nH]c3C)CC2)n(-c2ccccc2C)n1. The zero-order valence-corrected chi connectivity index (χ0v) is 29.4. The fourth-order valence-electron chi connectivity index (χ4n) is 7.49. The zero-order valence-electron chi connectivity index (χ0n) is 29.4. The van der Waals surface area contributed by atoms with Gasteiger partial charge >= 0.3 is 0 Å². The van der Waals surface area contributed by atoms with Crippen LogP contribution in [0.15, 0.2) is 79.4 Å². The highest BCUT2D eigenvalue weighted by Gasteiger charge is 2.27. The molecule has 0 unspecified atom stereocenters. The molecule has 0 aliphatic carbocycles. The Morgan fingerprint density at radius 1 is 0.571 bits per heavy atom. The van der Waals surface area contributed by atoms with E-state index in [4.69, 9.17) is 10.2 Å². The molecular formula is C39H48N10. The Labute approximate surface area is 289 Å². The summed E-state index contributed by atoms with van der Waals surface area (Å²) in [5.74, 6) is 3.50. The van der Waals surface area contributed by atoms with Crippen LogP contribution in [0.4, 0.5) is 11.6 Å². The van der Waals surface area contributed by atoms with Crippen LogP contribution in [0.25, 0.3) is 11.4 Å². The quantitative estimate of drug-likeness (QED) is 0.193. The largest absolute Gasteiger partial charge is 0.356 e. The number of aromatic nitrogens is 8. The maximum absolute atomic E-state index is 4.76. The van der Waals surface area contributed by atoms with Crippen LogP contribution in [0, 0.1) is 34.6 Å². The Balaban J connectivity index is 0.000000154. The van der Waals surface area contributed by atoms with Gasteiger partial charge in [0.25, 0.3) is 0 Å². The fourth-order valence-corrected chi connectivity index (χ4v) is 7.49. The number of H-pyrrole nitrogens is 2. The van der Waals surface area contributed by atoms with Gasteiger partial charge in [-0.15, -0.1) is 0 Å². The van der Waals surface area contributed by atoms with E-state index in [1.165, 1.54) is 40.0 Å². The highest BCUT2D eigenvalue weighted by Crippen LogP contribution is 2.33. The molecule has 2 N–H and O–H groups in total. The van der Waals surface area contributed by atoms with Gasteiger partial charge in [-0.25, -0.2) is 19.3 Å². The average Bonchev–Trinajstić information content (AvgIpc) is 3.93. The van der Waals surface area contributed by atoms with Crippen LogP contribution in [0.3, 0.4) is 0 Å². The van der Waals surface area contributed by atoms with E-state index in [0.29, 0.717) is 11.8 Å². The molecule has 0 bridgehead atoms. The number of imidazole rings is 2. The van der Waals surface area contributed by atoms with Gasteiger partial charge in [-0.3, -0.25) is 0 Å². The van der Waals surface area contributed by atoms with E-state index >= 15 is 0 Å². The topological polar surface area (TPSA) is 99.5 Å². The summed E-state index contributed by atoms with van der Waals surface area (Å²) < 4.78 is 4.17. The normalized spacial score (nSPS) is 15.8. The molecule has 0 atom stereocenters. The molecule has 0 spiro atoms. The van der Waals surface area contributed by atoms with Crippen molar-refractivity contribution in [3.63, 3.8) is 0 Å². The summed E-state index contributed by atoms with van der Waals surface area (Å²) in [7, 11) is 0. The minimum Gasteiger partial charge on any atom is -0.356 e. The Bertz CT molecular complexity index is 1960. The predicted octanol–water partition coefficient (Wildman–Crippen LogP) is 7.50. The predicted molar refractivity (Wildman–Crippen MR) is 196 cm³/mol. The van der Waals surface area contributed by atoms with Gasteiger partial charge in [-0.05, 0) is 84.1 Å². The number of nitrogens with one attached hydrogen (secondary N) is 2. The molecule has 8 rings (SSSR count). The Hall–Kier alpha value is -5.12. The second kappa shape index (κ2) is 14.2. The van der Waals surface area contributed by atoms with Crippen LogP contribution in [-0.4, -0.2) is 65.7 Å². The molecule has 0 saturated carbocycles. The van der Waals surface area contributed by atoms with Gasteiger partial charge in [0.15, 0.2) is 0 Å². The van der Waals surface area contributed by atoms with Crippen LogP contribution in [0.5, 0.6) is 0 Å². The summed E-state index contributed by atoms with van der Waals surface area (Å²) in [5.41, 5.74) is 10.5. The van der Waals surface area contributed by atoms with Gasteiger partial charge in [0.05, 0.1) is 46.8 Å². The van der Waals surface area contributed by atoms with Crippen molar-refractivity contribution in [2.24, 2.45) is 0 Å². The van der Waals surface area contributed by atoms with Crippen molar-refractivity contribution in [1.82, 2.24) is 39.5 Å². The van der Waals surface area contributed by atoms with Gasteiger partial charge in [0.1, 0.15) is 11.6 Å². The van der Waals surface area contributed by atoms with Crippen molar-refractivity contribution in [2.45, 2.75) is 72.1 Å². The number of benzene rings is 2. The van der Waals surface area contributed by atoms with Gasteiger partial charge in [-0.1, -0.05) is 36.4 Å². The van der Waals surface area contributed by atoms with Crippen molar-refractivity contribution in [2.75, 3.05) is 36.0 Å². The number of hydrogen-bond donors (Lipinski definition) is 2. The Morgan fingerprint density at radius 3 is 1.53 bits per heavy atom. The van der Waals surface area contributed by atoms with Gasteiger partial charge in [0.2, 0.25) is 0 Å². The number of aromatic amines is 2. The Kier molecular flexibility index (Phi) is 9.37. The van der Waals surface area contributed by atoms with Crippen molar-refractivity contribution in [3.05, 3.63) is 119 Å². The average molecular weight is 657 g/mol. The van der Waals surface area contributed by atoms with Crippen molar-refractivity contribution in [3.8, 4) is 11.4 Å². The number of nitrogens with zero attached hydrogens (tertiary/aromatic N) is 8. The molecule has 4 aromatic heterocycles. The highest BCUT2D eigenvalue weighted by molar-refractivity contribution is 5.52. The molecule has 2 fully saturated rings. The van der Waals surface area contributed by atoms with Gasteiger partial charge < -0.3 is 19.8 Å². The van der Waals surface area contributed by atoms with Gasteiger partial charge in [-0.2, -0.15) is 10.2 Å². The van der Waals surface area contributed by atoms with Crippen LogP contribution < -0.4 is 9.80 Å². The van der Waals surface area contributed by atoms with Crippen LogP contribution in [0.1, 0.15) is 77.2 Å². The number of para-hydroxylation sites is 2. The molecule has 0 amide bonds. The summed E-state index contributed by atoms with van der Waals surface area (Å²) in [4.78, 5) is 20.4. The molecule has 2 saturated heterocycles. The number of rotatable bonds is 6. The summed E-state index contributed by atoms with van der Waals surface area (Å²) in [6.07, 6.45) is 8.14. The second-order valence-corrected chi connectivity index (χ2v) is 13.6. The lowest BCUT2D eigenvalue weighted by atomic mass is 9.92. The van der Waals surface area contributed by atoms with Crippen LogP contribution in [-0.2, 0) is 0 Å². The third-order valence-corrected chi connectivity index (χ3v) is 10.1. The first-order chi connectivity index (χ1) is 23.9. The van der Waals surface area contributed by atoms with E-state index in [1.54, 1.807) is 0 Å². The molecule has 6 aromatic rings. The molecule has 2 aliphatic heterocycles. The smallest absolute Gasteiger partial charge is 0.132 e. The summed E-state index contributed by atoms with van der Waals surface area (Å²) in [6.45, 7) is 14.6. The standard InChI is InChI=1S/C20H25N5.C19H23N5/c1-14-6-4-5-7-18(14)25-19(12-15(2)23-25)24-10-8-17(9-11-24)20-16(3)21-13-22-20;1-14-12-18(24(22-14)17-6-4-3-5-7-17)23-10-8-16(9-11-23)19-15(2)20-13-21-19/h4-7,12-13,17H,8-11H2,1-3H3,(H,21,22);3-7,12-13,16H,8-11H2,1-2H3,(H,20,21). The van der Waals surface area contributed by atoms with E-state index in [0.717, 1.165) is 74.6 Å². The molecule has 6 heterocycles. The first-order valence-corrected chi connectivity index (χ1v) is 17.6. The monoisotopic (exact) mass is 656 g/mol. The summed E-state index contributed by atoms with van der Waals surface area (Å²) >= 11 is 0. The minimum atomic E-state index is 0.554. The number of piperidine rings is 2. The van der Waals surface area contributed by atoms with Gasteiger partial charge in [0, 0.05) is 61.5 Å². The van der Waals surface area contributed by atoms with E-state index < -0.39 is 0 Å². The Morgan fingerprint density at radius 2 is 1.04 bits per heavy atom. The zero-order chi connectivity index (χ0) is 33.9. The molecule has 2 aromatic carbocycles. The maximum Gasteiger partial charge on any atom is 0.132 e. The van der Waals surface area contributed by atoms with Crippen LogP contribution in [0.2, 0.25) is 0 Å². The molecule has 254 valence electrons. The maximum atomic E-state index is 4.76. The summed E-state index contributed by atoms with van der Waals surface area (Å²) in [5, 5.41) is 9.45. The minimum absolute atomic E-state index is 0.554. The number of hydrogen-bond acceptors (Lipinski definition) is 6. The fraction of sp³-hybridized carbons (Fsp3) is 0.385. The van der Waals surface area contributed by atoms with Crippen molar-refractivity contribution in [1.29, 1.82) is 0 Å². The molecule has 10 heteroatoms. The molecular weight excluding hydrogens is 608 g/mol. The van der Waals surface area contributed by atoms with Crippen molar-refractivity contribution >= 4 is 11.6 Å². The van der Waals surface area contributed by atoms with Crippen molar-refractivity contribution < 1.29 is 0 Å². The molecule has 49 heavy (non-hydrogen) atoms. The summed E-state index contributed by atoms with van der Waals surface area (Å²) in [6, 6.07) is 23.2. The van der Waals surface area contributed by atoms with Crippen LogP contribution >= 0.6 is 0 Å².